The van der Waals surface area contributed by atoms with Crippen LogP contribution in [0, 0.1) is 0 Å². The highest BCUT2D eigenvalue weighted by atomic mass is 32.2. The van der Waals surface area contributed by atoms with Gasteiger partial charge in [0.25, 0.3) is 0 Å². The van der Waals surface area contributed by atoms with Crippen LogP contribution in [0.3, 0.4) is 0 Å². The highest BCUT2D eigenvalue weighted by Crippen LogP contribution is 2.35. The number of rotatable bonds is 8. The Morgan fingerprint density at radius 1 is 1.61 bits per heavy atom. The second-order valence-corrected chi connectivity index (χ2v) is 5.18. The zero-order chi connectivity index (χ0) is 13.5. The van der Waals surface area contributed by atoms with E-state index >= 15 is 0 Å². The molecular weight excluding hydrogens is 250 g/mol. The van der Waals surface area contributed by atoms with E-state index in [1.165, 1.54) is 0 Å². The molecule has 2 N–H and O–H groups in total. The Kier molecular flexibility index (Phi) is 6.52. The molecule has 0 radical (unpaired) electrons. The first-order chi connectivity index (χ1) is 8.63. The normalized spacial score (nSPS) is 20.8. The van der Waals surface area contributed by atoms with Gasteiger partial charge in [-0.15, -0.1) is 0 Å². The fourth-order valence-electron chi connectivity index (χ4n) is 1.82. The van der Waals surface area contributed by atoms with E-state index in [0.717, 1.165) is 23.7 Å². The van der Waals surface area contributed by atoms with Gasteiger partial charge in [0.15, 0.2) is 0 Å². The third-order valence-corrected chi connectivity index (χ3v) is 4.09. The molecule has 6 heteroatoms. The number of nitrogens with one attached hydrogen (secondary N) is 1. The fraction of sp³-hybridized carbons (Fsp3) is 0.750. The smallest absolute Gasteiger partial charge is 0.238 e. The number of hydrogen-bond acceptors (Lipinski definition) is 6. The first-order valence-electron chi connectivity index (χ1n) is 6.26. The fourth-order valence-corrected chi connectivity index (χ4v) is 3.14. The third kappa shape index (κ3) is 3.90. The van der Waals surface area contributed by atoms with Crippen molar-refractivity contribution in [2.75, 3.05) is 19.7 Å². The Labute approximate surface area is 113 Å². The minimum absolute atomic E-state index is 0.299. The number of allylic oxidation sites excluding steroid dienone is 1. The number of thioether (sulfide) groups is 1. The third-order valence-electron chi connectivity index (χ3n) is 2.69. The number of aliphatic imine (C=N–C) groups is 1. The lowest BCUT2D eigenvalue weighted by Crippen LogP contribution is -2.35. The summed E-state index contributed by atoms with van der Waals surface area (Å²) >= 11 is 1.71. The first kappa shape index (κ1) is 15.3. The van der Waals surface area contributed by atoms with Crippen molar-refractivity contribution >= 4 is 18.5 Å². The van der Waals surface area contributed by atoms with E-state index in [-0.39, 0.29) is 0 Å². The molecule has 0 amide bonds. The molecule has 1 aliphatic rings. The van der Waals surface area contributed by atoms with Gasteiger partial charge < -0.3 is 25.1 Å². The Balaban J connectivity index is 2.63. The molecule has 0 saturated heterocycles. The molecule has 1 rings (SSSR count). The van der Waals surface area contributed by atoms with Crippen molar-refractivity contribution in [2.45, 2.75) is 39.0 Å². The SMILES string of the molecule is C=NCCC1NC(C)=C(N(CC)C(O)OCC)S1. The quantitative estimate of drug-likeness (QED) is 0.519. The van der Waals surface area contributed by atoms with Crippen molar-refractivity contribution < 1.29 is 9.84 Å². The molecule has 2 unspecified atom stereocenters. The van der Waals surface area contributed by atoms with Gasteiger partial charge in [-0.2, -0.15) is 0 Å². The van der Waals surface area contributed by atoms with E-state index in [2.05, 4.69) is 17.0 Å². The summed E-state index contributed by atoms with van der Waals surface area (Å²) in [6.45, 7) is 11.3. The van der Waals surface area contributed by atoms with Crippen LogP contribution in [0.1, 0.15) is 27.2 Å². The molecule has 2 atom stereocenters. The van der Waals surface area contributed by atoms with E-state index in [0.29, 0.717) is 18.5 Å². The van der Waals surface area contributed by atoms with Gasteiger partial charge >= 0.3 is 0 Å². The van der Waals surface area contributed by atoms with E-state index in [1.54, 1.807) is 11.8 Å². The molecular formula is C12H23N3O2S. The first-order valence-corrected chi connectivity index (χ1v) is 7.14. The van der Waals surface area contributed by atoms with Crippen LogP contribution in [0.5, 0.6) is 0 Å². The highest BCUT2D eigenvalue weighted by molar-refractivity contribution is 8.03. The summed E-state index contributed by atoms with van der Waals surface area (Å²) in [4.78, 5) is 5.73. The Hall–Kier alpha value is -0.720. The number of ether oxygens (including phenoxy) is 1. The maximum atomic E-state index is 9.95. The predicted molar refractivity (Wildman–Crippen MR) is 76.3 cm³/mol. The molecule has 5 nitrogen and oxygen atoms in total. The van der Waals surface area contributed by atoms with Crippen LogP contribution in [-0.4, -0.2) is 48.2 Å². The van der Waals surface area contributed by atoms with Crippen LogP contribution in [0.15, 0.2) is 15.7 Å². The molecule has 1 heterocycles. The van der Waals surface area contributed by atoms with Gasteiger partial charge in [0.1, 0.15) is 0 Å². The van der Waals surface area contributed by atoms with Gasteiger partial charge in [0.05, 0.1) is 10.4 Å². The van der Waals surface area contributed by atoms with E-state index in [4.69, 9.17) is 4.74 Å². The number of hydrogen-bond donors (Lipinski definition) is 2. The summed E-state index contributed by atoms with van der Waals surface area (Å²) in [6.07, 6.45) is 0.0487. The largest absolute Gasteiger partial charge is 0.374 e. The van der Waals surface area contributed by atoms with Crippen LogP contribution in [0.2, 0.25) is 0 Å². The van der Waals surface area contributed by atoms with Crippen LogP contribution < -0.4 is 5.32 Å². The van der Waals surface area contributed by atoms with Crippen molar-refractivity contribution in [3.63, 3.8) is 0 Å². The topological polar surface area (TPSA) is 57.1 Å². The number of nitrogens with zero attached hydrogens (tertiary/aromatic N) is 2. The molecule has 0 aromatic carbocycles. The van der Waals surface area contributed by atoms with Crippen molar-refractivity contribution in [2.24, 2.45) is 4.99 Å². The lowest BCUT2D eigenvalue weighted by molar-refractivity contribution is -0.174. The monoisotopic (exact) mass is 273 g/mol. The summed E-state index contributed by atoms with van der Waals surface area (Å²) in [5, 5.41) is 14.7. The molecule has 0 fully saturated rings. The lowest BCUT2D eigenvalue weighted by Gasteiger charge is -2.28. The standard InChI is InChI=1S/C12H23N3O2S/c1-5-15(12(16)17-6-2)11-9(3)14-10(18-11)7-8-13-4/h10,12,14,16H,4-8H2,1-3H3. The second kappa shape index (κ2) is 7.66. The lowest BCUT2D eigenvalue weighted by atomic mass is 10.4. The Bertz CT molecular complexity index is 310. The molecule has 18 heavy (non-hydrogen) atoms. The van der Waals surface area contributed by atoms with E-state index in [1.807, 2.05) is 25.7 Å². The van der Waals surface area contributed by atoms with Gasteiger partial charge in [-0.3, -0.25) is 0 Å². The number of aliphatic hydroxyl groups is 1. The average Bonchev–Trinajstić information content (AvgIpc) is 2.70. The van der Waals surface area contributed by atoms with Crippen LogP contribution in [0.25, 0.3) is 0 Å². The van der Waals surface area contributed by atoms with Gasteiger partial charge in [0.2, 0.25) is 6.41 Å². The molecule has 0 spiro atoms. The van der Waals surface area contributed by atoms with Crippen molar-refractivity contribution in [3.05, 3.63) is 10.7 Å². The summed E-state index contributed by atoms with van der Waals surface area (Å²) in [5.41, 5.74) is 1.08. The molecule has 0 aliphatic carbocycles. The van der Waals surface area contributed by atoms with E-state index < -0.39 is 6.41 Å². The zero-order valence-corrected chi connectivity index (χ0v) is 12.2. The summed E-state index contributed by atoms with van der Waals surface area (Å²) in [5.74, 6) is 0. The van der Waals surface area contributed by atoms with Gasteiger partial charge in [-0.25, -0.2) is 0 Å². The number of aliphatic hydroxyl groups excluding tert-OH is 1. The maximum Gasteiger partial charge on any atom is 0.238 e. The minimum Gasteiger partial charge on any atom is -0.374 e. The van der Waals surface area contributed by atoms with Gasteiger partial charge in [-0.1, -0.05) is 11.8 Å². The zero-order valence-electron chi connectivity index (χ0n) is 11.3. The molecule has 0 aromatic rings. The van der Waals surface area contributed by atoms with Gasteiger partial charge in [-0.05, 0) is 33.9 Å². The van der Waals surface area contributed by atoms with Gasteiger partial charge in [0, 0.05) is 25.4 Å². The summed E-state index contributed by atoms with van der Waals surface area (Å²) in [6, 6.07) is 0. The molecule has 0 saturated carbocycles. The Morgan fingerprint density at radius 3 is 2.89 bits per heavy atom. The van der Waals surface area contributed by atoms with Crippen molar-refractivity contribution in [1.29, 1.82) is 0 Å². The van der Waals surface area contributed by atoms with E-state index in [9.17, 15) is 5.11 Å². The molecule has 0 bridgehead atoms. The summed E-state index contributed by atoms with van der Waals surface area (Å²) in [7, 11) is 0. The maximum absolute atomic E-state index is 9.95. The van der Waals surface area contributed by atoms with Crippen LogP contribution in [-0.2, 0) is 4.74 Å². The molecule has 104 valence electrons. The summed E-state index contributed by atoms with van der Waals surface area (Å²) < 4.78 is 5.25. The second-order valence-electron chi connectivity index (χ2n) is 3.98. The average molecular weight is 273 g/mol. The van der Waals surface area contributed by atoms with Crippen LogP contribution in [0.4, 0.5) is 0 Å². The molecule has 0 aromatic heterocycles. The van der Waals surface area contributed by atoms with Crippen molar-refractivity contribution in [1.82, 2.24) is 10.2 Å². The highest BCUT2D eigenvalue weighted by Gasteiger charge is 2.28. The van der Waals surface area contributed by atoms with Crippen LogP contribution >= 0.6 is 11.8 Å². The Morgan fingerprint density at radius 2 is 2.33 bits per heavy atom. The minimum atomic E-state index is -0.879. The predicted octanol–water partition coefficient (Wildman–Crippen LogP) is 1.56. The van der Waals surface area contributed by atoms with Crippen molar-refractivity contribution in [3.8, 4) is 0 Å². The molecule has 1 aliphatic heterocycles.